The van der Waals surface area contributed by atoms with Crippen molar-refractivity contribution in [3.63, 3.8) is 0 Å². The van der Waals surface area contributed by atoms with Crippen LogP contribution in [-0.2, 0) is 6.42 Å². The molecule has 1 aliphatic heterocycles. The first-order valence-electron chi connectivity index (χ1n) is 5.67. The average Bonchev–Trinajstić information content (AvgIpc) is 2.51. The second-order valence-corrected chi connectivity index (χ2v) is 4.23. The van der Waals surface area contributed by atoms with E-state index in [0.717, 1.165) is 0 Å². The maximum absolute atomic E-state index is 2.55. The Morgan fingerprint density at radius 2 is 2.14 bits per heavy atom. The van der Waals surface area contributed by atoms with Crippen LogP contribution in [0.5, 0.6) is 0 Å². The quantitative estimate of drug-likeness (QED) is 0.705. The second-order valence-electron chi connectivity index (χ2n) is 4.23. The molecule has 0 bridgehead atoms. The fourth-order valence-corrected chi connectivity index (χ4v) is 2.30. The van der Waals surface area contributed by atoms with Crippen LogP contribution in [0.15, 0.2) is 24.3 Å². The van der Waals surface area contributed by atoms with E-state index >= 15 is 0 Å². The summed E-state index contributed by atoms with van der Waals surface area (Å²) in [6, 6.07) is 9.51. The molecule has 0 spiro atoms. The van der Waals surface area contributed by atoms with E-state index in [1.165, 1.54) is 37.1 Å². The Morgan fingerprint density at radius 1 is 1.36 bits per heavy atom. The van der Waals surface area contributed by atoms with Gasteiger partial charge in [-0.15, -0.1) is 0 Å². The number of unbranched alkanes of at least 4 members (excludes halogenated alkanes) is 1. The van der Waals surface area contributed by atoms with Crippen LogP contribution in [0.2, 0.25) is 0 Å². The van der Waals surface area contributed by atoms with E-state index in [0.29, 0.717) is 6.04 Å². The van der Waals surface area contributed by atoms with Crippen LogP contribution >= 0.6 is 0 Å². The van der Waals surface area contributed by atoms with Gasteiger partial charge < -0.3 is 4.90 Å². The maximum atomic E-state index is 2.55. The molecular weight excluding hydrogens is 170 g/mol. The van der Waals surface area contributed by atoms with Crippen LogP contribution in [0.1, 0.15) is 32.3 Å². The van der Waals surface area contributed by atoms with Gasteiger partial charge in [0, 0.05) is 18.3 Å². The molecule has 1 aromatic rings. The van der Waals surface area contributed by atoms with Gasteiger partial charge in [-0.1, -0.05) is 31.5 Å². The molecule has 0 radical (unpaired) electrons. The lowest BCUT2D eigenvalue weighted by molar-refractivity contribution is 0.641. The van der Waals surface area contributed by atoms with Gasteiger partial charge in [-0.2, -0.15) is 0 Å². The molecule has 1 aromatic carbocycles. The number of hydrogen-bond donors (Lipinski definition) is 0. The highest BCUT2D eigenvalue weighted by Crippen LogP contribution is 2.31. The molecule has 1 heteroatoms. The van der Waals surface area contributed by atoms with Gasteiger partial charge in [-0.05, 0) is 31.4 Å². The molecule has 14 heavy (non-hydrogen) atoms. The lowest BCUT2D eigenvalue weighted by Gasteiger charge is -2.24. The van der Waals surface area contributed by atoms with Crippen LogP contribution in [0.4, 0.5) is 5.69 Å². The highest BCUT2D eigenvalue weighted by molar-refractivity contribution is 5.59. The predicted molar refractivity (Wildman–Crippen MR) is 61.9 cm³/mol. The summed E-state index contributed by atoms with van der Waals surface area (Å²) < 4.78 is 0. The summed E-state index contributed by atoms with van der Waals surface area (Å²) in [5.74, 6) is 0. The zero-order chi connectivity index (χ0) is 9.97. The molecule has 1 unspecified atom stereocenters. The molecule has 1 aliphatic rings. The molecule has 1 nitrogen and oxygen atoms in total. The summed E-state index contributed by atoms with van der Waals surface area (Å²) in [4.78, 5) is 2.55. The molecular formula is C13H19N. The summed E-state index contributed by atoms with van der Waals surface area (Å²) in [5.41, 5.74) is 2.99. The zero-order valence-corrected chi connectivity index (χ0v) is 9.16. The van der Waals surface area contributed by atoms with Crippen LogP contribution in [-0.4, -0.2) is 12.6 Å². The Morgan fingerprint density at radius 3 is 2.93 bits per heavy atom. The Balaban J connectivity index is 2.17. The number of rotatable bonds is 3. The van der Waals surface area contributed by atoms with E-state index in [9.17, 15) is 0 Å². The highest BCUT2D eigenvalue weighted by atomic mass is 15.2. The molecule has 0 fully saturated rings. The van der Waals surface area contributed by atoms with Gasteiger partial charge >= 0.3 is 0 Å². The Labute approximate surface area is 86.7 Å². The smallest absolute Gasteiger partial charge is 0.0402 e. The number of nitrogens with zero attached hydrogens (tertiary/aromatic N) is 1. The summed E-state index contributed by atoms with van der Waals surface area (Å²) in [7, 11) is 0. The van der Waals surface area contributed by atoms with Crippen molar-refractivity contribution in [3.8, 4) is 0 Å². The topological polar surface area (TPSA) is 3.24 Å². The van der Waals surface area contributed by atoms with Crippen molar-refractivity contribution in [3.05, 3.63) is 29.8 Å². The minimum Gasteiger partial charge on any atom is -0.368 e. The van der Waals surface area contributed by atoms with Gasteiger partial charge in [0.1, 0.15) is 0 Å². The van der Waals surface area contributed by atoms with Gasteiger partial charge in [0.2, 0.25) is 0 Å². The van der Waals surface area contributed by atoms with Crippen molar-refractivity contribution in [2.75, 3.05) is 11.4 Å². The van der Waals surface area contributed by atoms with E-state index in [1.54, 1.807) is 0 Å². The Kier molecular flexibility index (Phi) is 2.76. The van der Waals surface area contributed by atoms with E-state index in [2.05, 4.69) is 43.0 Å². The summed E-state index contributed by atoms with van der Waals surface area (Å²) in [5, 5.41) is 0. The van der Waals surface area contributed by atoms with Crippen LogP contribution < -0.4 is 4.90 Å². The number of fused-ring (bicyclic) bond motifs is 1. The molecule has 0 saturated heterocycles. The molecule has 0 amide bonds. The molecule has 0 aliphatic carbocycles. The zero-order valence-electron chi connectivity index (χ0n) is 9.16. The van der Waals surface area contributed by atoms with E-state index in [4.69, 9.17) is 0 Å². The Hall–Kier alpha value is -0.980. The number of para-hydroxylation sites is 1. The average molecular weight is 189 g/mol. The third kappa shape index (κ3) is 1.63. The summed E-state index contributed by atoms with van der Waals surface area (Å²) >= 11 is 0. The van der Waals surface area contributed by atoms with E-state index < -0.39 is 0 Å². The fraction of sp³-hybridized carbons (Fsp3) is 0.538. The first-order chi connectivity index (χ1) is 6.83. The maximum Gasteiger partial charge on any atom is 0.0402 e. The van der Waals surface area contributed by atoms with E-state index in [-0.39, 0.29) is 0 Å². The second kappa shape index (κ2) is 4.04. The molecule has 0 aromatic heterocycles. The largest absolute Gasteiger partial charge is 0.368 e. The normalized spacial score (nSPS) is 19.9. The predicted octanol–water partition coefficient (Wildman–Crippen LogP) is 3.24. The molecule has 0 N–H and O–H groups in total. The molecule has 0 saturated carbocycles. The van der Waals surface area contributed by atoms with Gasteiger partial charge in [0.25, 0.3) is 0 Å². The first-order valence-corrected chi connectivity index (χ1v) is 5.67. The lowest BCUT2D eigenvalue weighted by Crippen LogP contribution is -2.30. The van der Waals surface area contributed by atoms with Gasteiger partial charge in [-0.3, -0.25) is 0 Å². The van der Waals surface area contributed by atoms with Crippen molar-refractivity contribution in [1.82, 2.24) is 0 Å². The molecule has 1 atom stereocenters. The minimum atomic E-state index is 0.693. The third-order valence-corrected chi connectivity index (χ3v) is 3.10. The van der Waals surface area contributed by atoms with Crippen molar-refractivity contribution < 1.29 is 0 Å². The van der Waals surface area contributed by atoms with Crippen molar-refractivity contribution in [2.24, 2.45) is 0 Å². The molecule has 76 valence electrons. The summed E-state index contributed by atoms with van der Waals surface area (Å²) in [6.07, 6.45) is 3.81. The fourth-order valence-electron chi connectivity index (χ4n) is 2.30. The van der Waals surface area contributed by atoms with Crippen molar-refractivity contribution >= 4 is 5.69 Å². The summed E-state index contributed by atoms with van der Waals surface area (Å²) in [6.45, 7) is 5.80. The van der Waals surface area contributed by atoms with Crippen LogP contribution in [0.3, 0.4) is 0 Å². The monoisotopic (exact) mass is 189 g/mol. The van der Waals surface area contributed by atoms with Crippen LogP contribution in [0, 0.1) is 0 Å². The van der Waals surface area contributed by atoms with Crippen molar-refractivity contribution in [1.29, 1.82) is 0 Å². The highest BCUT2D eigenvalue weighted by Gasteiger charge is 2.24. The first kappa shape index (κ1) is 9.57. The molecule has 1 heterocycles. The van der Waals surface area contributed by atoms with Gasteiger partial charge in [0.15, 0.2) is 0 Å². The third-order valence-electron chi connectivity index (χ3n) is 3.10. The minimum absolute atomic E-state index is 0.693. The van der Waals surface area contributed by atoms with Gasteiger partial charge in [-0.25, -0.2) is 0 Å². The van der Waals surface area contributed by atoms with E-state index in [1.807, 2.05) is 0 Å². The number of hydrogen-bond acceptors (Lipinski definition) is 1. The molecule has 2 rings (SSSR count). The van der Waals surface area contributed by atoms with Crippen molar-refractivity contribution in [2.45, 2.75) is 39.2 Å². The van der Waals surface area contributed by atoms with Crippen LogP contribution in [0.25, 0.3) is 0 Å². The number of benzene rings is 1. The van der Waals surface area contributed by atoms with Gasteiger partial charge in [0.05, 0.1) is 0 Å². The SMILES string of the molecule is CCCCN1c2ccccc2CC1C. The standard InChI is InChI=1S/C13H19N/c1-3-4-9-14-11(2)10-12-7-5-6-8-13(12)14/h5-8,11H,3-4,9-10H2,1-2H3. The lowest BCUT2D eigenvalue weighted by atomic mass is 10.1. The Bertz CT molecular complexity index is 306. The number of anilines is 1.